The minimum atomic E-state index is -1.01. The Labute approximate surface area is 140 Å². The molecular weight excluding hydrogens is 306 g/mol. The highest BCUT2D eigenvalue weighted by Crippen LogP contribution is 2.18. The van der Waals surface area contributed by atoms with Gasteiger partial charge in [-0.3, -0.25) is 0 Å². The summed E-state index contributed by atoms with van der Waals surface area (Å²) in [7, 11) is 3.89. The summed E-state index contributed by atoms with van der Waals surface area (Å²) in [6.45, 7) is 3.86. The van der Waals surface area contributed by atoms with Crippen LogP contribution in [0, 0.1) is 0 Å². The molecule has 0 spiro atoms. The summed E-state index contributed by atoms with van der Waals surface area (Å²) in [5.74, 6) is 4.52. The maximum Gasteiger partial charge on any atom is 0.335 e. The summed E-state index contributed by atoms with van der Waals surface area (Å²) >= 11 is 0. The number of aromatic carboxylic acids is 1. The summed E-state index contributed by atoms with van der Waals surface area (Å²) in [5.41, 5.74) is 2.82. The van der Waals surface area contributed by atoms with Gasteiger partial charge in [0.1, 0.15) is 0 Å². The molecule has 0 aromatic heterocycles. The van der Waals surface area contributed by atoms with Crippen LogP contribution < -0.4 is 10.8 Å². The van der Waals surface area contributed by atoms with Crippen LogP contribution in [0.2, 0.25) is 0 Å². The first-order valence-electron chi connectivity index (χ1n) is 7.18. The van der Waals surface area contributed by atoms with Crippen molar-refractivity contribution in [3.63, 3.8) is 0 Å². The van der Waals surface area contributed by atoms with E-state index in [4.69, 9.17) is 15.8 Å². The predicted molar refractivity (Wildman–Crippen MR) is 95.0 cm³/mol. The van der Waals surface area contributed by atoms with Crippen molar-refractivity contribution < 1.29 is 14.7 Å². The molecule has 0 radical (unpaired) electrons. The highest BCUT2D eigenvalue weighted by atomic mass is 16.6. The Balaban J connectivity index is 2.30. The maximum atomic E-state index is 11.0. The Morgan fingerprint density at radius 2 is 1.75 bits per heavy atom. The first kappa shape index (κ1) is 17.2. The van der Waals surface area contributed by atoms with Gasteiger partial charge in [0.15, 0.2) is 0 Å². The summed E-state index contributed by atoms with van der Waals surface area (Å²) in [4.78, 5) is 22.2. The smallest absolute Gasteiger partial charge is 0.335 e. The quantitative estimate of drug-likeness (QED) is 0.501. The standard InChI is InChI=1S/C18H19N3O3/c1-12(14-5-4-6-15(11-14)18(22)23)20-17(24-19)13-7-9-16(10-8-13)21(2)3/h4-11H,1,19H2,2-3H3,(H,22,23). The molecule has 0 saturated carbocycles. The maximum absolute atomic E-state index is 11.0. The normalized spacial score (nSPS) is 11.0. The zero-order valence-corrected chi connectivity index (χ0v) is 13.6. The molecule has 6 heteroatoms. The lowest BCUT2D eigenvalue weighted by Gasteiger charge is -2.13. The number of aliphatic imine (C=N–C) groups is 1. The Morgan fingerprint density at radius 1 is 1.12 bits per heavy atom. The number of carboxylic acids is 1. The zero-order valence-electron chi connectivity index (χ0n) is 13.6. The fraction of sp³-hybridized carbons (Fsp3) is 0.111. The van der Waals surface area contributed by atoms with Gasteiger partial charge in [0.25, 0.3) is 0 Å². The Kier molecular flexibility index (Phi) is 5.34. The van der Waals surface area contributed by atoms with Crippen LogP contribution >= 0.6 is 0 Å². The molecule has 0 saturated heterocycles. The van der Waals surface area contributed by atoms with Crippen LogP contribution in [0.15, 0.2) is 60.1 Å². The number of nitrogens with two attached hydrogens (primary N) is 1. The van der Waals surface area contributed by atoms with E-state index in [9.17, 15) is 4.79 Å². The second-order valence-corrected chi connectivity index (χ2v) is 5.31. The van der Waals surface area contributed by atoms with Crippen LogP contribution in [0.5, 0.6) is 0 Å². The number of hydrogen-bond donors (Lipinski definition) is 2. The molecule has 2 aromatic rings. The molecule has 124 valence electrons. The van der Waals surface area contributed by atoms with Crippen LogP contribution in [0.3, 0.4) is 0 Å². The average Bonchev–Trinajstić information content (AvgIpc) is 2.59. The Hall–Kier alpha value is -3.12. The first-order valence-corrected chi connectivity index (χ1v) is 7.18. The lowest BCUT2D eigenvalue weighted by Crippen LogP contribution is -2.13. The topological polar surface area (TPSA) is 88.2 Å². The van der Waals surface area contributed by atoms with E-state index in [1.807, 2.05) is 43.3 Å². The Morgan fingerprint density at radius 3 is 2.29 bits per heavy atom. The zero-order chi connectivity index (χ0) is 17.7. The number of carboxylic acid groups (broad SMARTS) is 1. The molecule has 0 atom stereocenters. The van der Waals surface area contributed by atoms with E-state index < -0.39 is 5.97 Å². The summed E-state index contributed by atoms with van der Waals surface area (Å²) in [5, 5.41) is 9.05. The van der Waals surface area contributed by atoms with Gasteiger partial charge in [-0.05, 0) is 36.4 Å². The molecule has 0 aliphatic rings. The van der Waals surface area contributed by atoms with Gasteiger partial charge in [0, 0.05) is 30.9 Å². The van der Waals surface area contributed by atoms with E-state index in [-0.39, 0.29) is 11.5 Å². The molecule has 0 fully saturated rings. The lowest BCUT2D eigenvalue weighted by atomic mass is 10.1. The average molecular weight is 325 g/mol. The van der Waals surface area contributed by atoms with Gasteiger partial charge in [-0.15, -0.1) is 0 Å². The van der Waals surface area contributed by atoms with E-state index in [2.05, 4.69) is 11.6 Å². The van der Waals surface area contributed by atoms with Crippen molar-refractivity contribution in [1.82, 2.24) is 0 Å². The van der Waals surface area contributed by atoms with E-state index in [1.54, 1.807) is 12.1 Å². The third-order valence-electron chi connectivity index (χ3n) is 3.42. The Bertz CT molecular complexity index is 780. The van der Waals surface area contributed by atoms with Crippen LogP contribution in [-0.4, -0.2) is 31.1 Å². The fourth-order valence-corrected chi connectivity index (χ4v) is 2.08. The third kappa shape index (κ3) is 3.99. The molecule has 0 aliphatic heterocycles. The van der Waals surface area contributed by atoms with Crippen LogP contribution in [-0.2, 0) is 4.84 Å². The molecule has 24 heavy (non-hydrogen) atoms. The minimum Gasteiger partial charge on any atom is -0.478 e. The third-order valence-corrected chi connectivity index (χ3v) is 3.42. The van der Waals surface area contributed by atoms with Crippen molar-refractivity contribution in [3.8, 4) is 0 Å². The molecular formula is C18H19N3O3. The number of anilines is 1. The molecule has 0 aliphatic carbocycles. The van der Waals surface area contributed by atoms with E-state index in [0.29, 0.717) is 16.8 Å². The molecule has 0 unspecified atom stereocenters. The van der Waals surface area contributed by atoms with Gasteiger partial charge < -0.3 is 14.8 Å². The van der Waals surface area contributed by atoms with E-state index >= 15 is 0 Å². The summed E-state index contributed by atoms with van der Waals surface area (Å²) in [6, 6.07) is 13.9. The molecule has 2 aromatic carbocycles. The van der Waals surface area contributed by atoms with Crippen molar-refractivity contribution in [2.75, 3.05) is 19.0 Å². The highest BCUT2D eigenvalue weighted by Gasteiger charge is 2.09. The van der Waals surface area contributed by atoms with Gasteiger partial charge >= 0.3 is 5.97 Å². The van der Waals surface area contributed by atoms with E-state index in [0.717, 1.165) is 5.69 Å². The molecule has 0 bridgehead atoms. The van der Waals surface area contributed by atoms with Crippen molar-refractivity contribution in [2.24, 2.45) is 10.9 Å². The fourth-order valence-electron chi connectivity index (χ4n) is 2.08. The SMILES string of the molecule is C=C(N=C(ON)c1ccc(N(C)C)cc1)c1cccc(C(=O)O)c1. The molecule has 3 N–H and O–H groups in total. The number of hydrogen-bond acceptors (Lipinski definition) is 5. The van der Waals surface area contributed by atoms with Gasteiger partial charge in [-0.25, -0.2) is 9.79 Å². The van der Waals surface area contributed by atoms with Crippen molar-refractivity contribution in [3.05, 3.63) is 71.8 Å². The lowest BCUT2D eigenvalue weighted by molar-refractivity contribution is 0.0697. The molecule has 6 nitrogen and oxygen atoms in total. The molecule has 2 rings (SSSR count). The van der Waals surface area contributed by atoms with Crippen LogP contribution in [0.4, 0.5) is 5.69 Å². The number of rotatable bonds is 5. The van der Waals surface area contributed by atoms with Gasteiger partial charge in [-0.1, -0.05) is 18.7 Å². The van der Waals surface area contributed by atoms with Gasteiger partial charge in [-0.2, -0.15) is 5.90 Å². The number of benzene rings is 2. The van der Waals surface area contributed by atoms with Crippen LogP contribution in [0.25, 0.3) is 5.70 Å². The second-order valence-electron chi connectivity index (χ2n) is 5.31. The first-order chi connectivity index (χ1) is 11.4. The predicted octanol–water partition coefficient (Wildman–Crippen LogP) is 2.76. The number of nitrogens with zero attached hydrogens (tertiary/aromatic N) is 2. The highest BCUT2D eigenvalue weighted by molar-refractivity contribution is 5.98. The minimum absolute atomic E-state index is 0.161. The molecule has 0 amide bonds. The monoisotopic (exact) mass is 325 g/mol. The second kappa shape index (κ2) is 7.43. The summed E-state index contributed by atoms with van der Waals surface area (Å²) in [6.07, 6.45) is 0. The van der Waals surface area contributed by atoms with Gasteiger partial charge in [0.2, 0.25) is 5.90 Å². The summed E-state index contributed by atoms with van der Waals surface area (Å²) < 4.78 is 0. The van der Waals surface area contributed by atoms with Crippen molar-refractivity contribution >= 4 is 23.3 Å². The van der Waals surface area contributed by atoms with Crippen molar-refractivity contribution in [1.29, 1.82) is 0 Å². The number of carbonyl (C=O) groups is 1. The van der Waals surface area contributed by atoms with E-state index in [1.165, 1.54) is 12.1 Å². The van der Waals surface area contributed by atoms with Gasteiger partial charge in [0.05, 0.1) is 11.3 Å². The largest absolute Gasteiger partial charge is 0.478 e. The van der Waals surface area contributed by atoms with Crippen molar-refractivity contribution in [2.45, 2.75) is 0 Å². The van der Waals surface area contributed by atoms with Crippen LogP contribution in [0.1, 0.15) is 21.5 Å². The molecule has 0 heterocycles.